The fraction of sp³-hybridized carbons (Fsp3) is 0.524. The molecule has 1 aromatic heterocycles. The Bertz CT molecular complexity index is 841. The number of methoxy groups -OCH3 is 1. The van der Waals surface area contributed by atoms with E-state index in [0.29, 0.717) is 17.5 Å². The van der Waals surface area contributed by atoms with E-state index in [2.05, 4.69) is 25.9 Å². The van der Waals surface area contributed by atoms with Crippen molar-refractivity contribution in [3.63, 3.8) is 0 Å². The highest BCUT2D eigenvalue weighted by Gasteiger charge is 2.51. The van der Waals surface area contributed by atoms with Crippen molar-refractivity contribution in [1.82, 2.24) is 10.1 Å². The van der Waals surface area contributed by atoms with Crippen LogP contribution in [0.2, 0.25) is 0 Å². The van der Waals surface area contributed by atoms with Gasteiger partial charge in [-0.1, -0.05) is 38.1 Å². The zero-order chi connectivity index (χ0) is 18.5. The highest BCUT2D eigenvalue weighted by molar-refractivity contribution is 5.93. The molecule has 1 aliphatic carbocycles. The molecule has 4 rings (SSSR count). The number of carbonyl (C=O) groups excluding carboxylic acids is 1. The number of amides is 1. The summed E-state index contributed by atoms with van der Waals surface area (Å²) < 4.78 is 10.7. The first-order valence-electron chi connectivity index (χ1n) is 9.21. The minimum atomic E-state index is -0.0435. The normalized spacial score (nSPS) is 26.8. The van der Waals surface area contributed by atoms with Gasteiger partial charge in [-0.15, -0.1) is 0 Å². The molecule has 0 radical (unpaired) electrons. The van der Waals surface area contributed by atoms with Gasteiger partial charge in [0.15, 0.2) is 0 Å². The average Bonchev–Trinajstić information content (AvgIpc) is 3.16. The van der Waals surface area contributed by atoms with Crippen LogP contribution in [0.4, 0.5) is 0 Å². The molecule has 0 spiro atoms. The van der Waals surface area contributed by atoms with E-state index in [9.17, 15) is 4.79 Å². The third-order valence-electron chi connectivity index (χ3n) is 5.76. The predicted molar refractivity (Wildman–Crippen MR) is 99.1 cm³/mol. The van der Waals surface area contributed by atoms with Gasteiger partial charge in [0.2, 0.25) is 5.76 Å². The second-order valence-electron chi connectivity index (χ2n) is 8.96. The maximum Gasteiger partial charge on any atom is 0.292 e. The number of carbonyl (C=O) groups is 1. The molecular weight excluding hydrogens is 328 g/mol. The zero-order valence-corrected chi connectivity index (χ0v) is 15.9. The van der Waals surface area contributed by atoms with Crippen LogP contribution in [0.1, 0.15) is 50.6 Å². The van der Waals surface area contributed by atoms with Crippen molar-refractivity contribution in [2.24, 2.45) is 10.8 Å². The van der Waals surface area contributed by atoms with Gasteiger partial charge in [0, 0.05) is 24.2 Å². The summed E-state index contributed by atoms with van der Waals surface area (Å²) in [5.41, 5.74) is 2.01. The van der Waals surface area contributed by atoms with Gasteiger partial charge >= 0.3 is 0 Å². The Morgan fingerprint density at radius 3 is 2.85 bits per heavy atom. The van der Waals surface area contributed by atoms with Crippen LogP contribution < -0.4 is 4.74 Å². The van der Waals surface area contributed by atoms with Crippen LogP contribution in [0, 0.1) is 10.8 Å². The third-order valence-corrected chi connectivity index (χ3v) is 5.76. The predicted octanol–water partition coefficient (Wildman–Crippen LogP) is 4.39. The summed E-state index contributed by atoms with van der Waals surface area (Å²) >= 11 is 0. The molecule has 2 bridgehead atoms. The van der Waals surface area contributed by atoms with Crippen molar-refractivity contribution < 1.29 is 14.1 Å². The minimum absolute atomic E-state index is 0.0435. The van der Waals surface area contributed by atoms with Crippen LogP contribution in [-0.2, 0) is 0 Å². The lowest BCUT2D eigenvalue weighted by Crippen LogP contribution is -2.37. The monoisotopic (exact) mass is 354 g/mol. The number of hydrogen-bond acceptors (Lipinski definition) is 4. The van der Waals surface area contributed by atoms with Gasteiger partial charge in [-0.05, 0) is 42.2 Å². The molecule has 2 fully saturated rings. The standard InChI is InChI=1S/C21H26N2O3/c1-20(2)10-15-11-21(3,12-20)13-23(15)19(24)18-9-17(22-26-18)14-6-5-7-16(8-14)25-4/h5-9,15H,10-13H2,1-4H3/t15-,21+/m1/s1. The van der Waals surface area contributed by atoms with Gasteiger partial charge in [-0.25, -0.2) is 0 Å². The number of aromatic nitrogens is 1. The van der Waals surface area contributed by atoms with Crippen LogP contribution in [0.5, 0.6) is 5.75 Å². The van der Waals surface area contributed by atoms with E-state index in [1.165, 1.54) is 0 Å². The third kappa shape index (κ3) is 3.00. The van der Waals surface area contributed by atoms with E-state index in [1.54, 1.807) is 13.2 Å². The Morgan fingerprint density at radius 2 is 2.08 bits per heavy atom. The van der Waals surface area contributed by atoms with Gasteiger partial charge in [-0.2, -0.15) is 0 Å². The van der Waals surface area contributed by atoms with Crippen molar-refractivity contribution in [3.05, 3.63) is 36.1 Å². The number of rotatable bonds is 3. The number of likely N-dealkylation sites (tertiary alicyclic amines) is 1. The van der Waals surface area contributed by atoms with Crippen LogP contribution >= 0.6 is 0 Å². The van der Waals surface area contributed by atoms with Crippen LogP contribution in [0.3, 0.4) is 0 Å². The Morgan fingerprint density at radius 1 is 1.27 bits per heavy atom. The summed E-state index contributed by atoms with van der Waals surface area (Å²) in [4.78, 5) is 15.1. The maximum atomic E-state index is 13.1. The summed E-state index contributed by atoms with van der Waals surface area (Å²) in [5.74, 6) is 1.02. The summed E-state index contributed by atoms with van der Waals surface area (Å²) in [6.45, 7) is 7.72. The van der Waals surface area contributed by atoms with E-state index in [4.69, 9.17) is 9.26 Å². The Hall–Kier alpha value is -2.30. The number of ether oxygens (including phenoxy) is 1. The largest absolute Gasteiger partial charge is 0.497 e. The van der Waals surface area contributed by atoms with Gasteiger partial charge in [0.05, 0.1) is 7.11 Å². The minimum Gasteiger partial charge on any atom is -0.497 e. The lowest BCUT2D eigenvalue weighted by molar-refractivity contribution is 0.0667. The second-order valence-corrected chi connectivity index (χ2v) is 8.96. The Kier molecular flexibility index (Phi) is 3.86. The lowest BCUT2D eigenvalue weighted by Gasteiger charge is -2.39. The number of hydrogen-bond donors (Lipinski definition) is 0. The van der Waals surface area contributed by atoms with Gasteiger partial charge in [0.25, 0.3) is 5.91 Å². The first kappa shape index (κ1) is 17.1. The second kappa shape index (κ2) is 5.86. The van der Waals surface area contributed by atoms with Gasteiger partial charge < -0.3 is 14.2 Å². The number of nitrogens with zero attached hydrogens (tertiary/aromatic N) is 2. The maximum absolute atomic E-state index is 13.1. The summed E-state index contributed by atoms with van der Waals surface area (Å²) in [6.07, 6.45) is 3.29. The molecule has 2 atom stereocenters. The Labute approximate surface area is 154 Å². The topological polar surface area (TPSA) is 55.6 Å². The van der Waals surface area contributed by atoms with E-state index >= 15 is 0 Å². The first-order valence-corrected chi connectivity index (χ1v) is 9.21. The van der Waals surface area contributed by atoms with E-state index < -0.39 is 0 Å². The Balaban J connectivity index is 1.57. The molecule has 0 N–H and O–H groups in total. The fourth-order valence-corrected chi connectivity index (χ4v) is 5.13. The van der Waals surface area contributed by atoms with E-state index in [-0.39, 0.29) is 16.7 Å². The van der Waals surface area contributed by atoms with Crippen LogP contribution in [0.25, 0.3) is 11.3 Å². The average molecular weight is 354 g/mol. The van der Waals surface area contributed by atoms with E-state index in [0.717, 1.165) is 37.1 Å². The SMILES string of the molecule is COc1cccc(-c2cc(C(=O)N3C[C@@]4(C)C[C@H]3CC(C)(C)C4)on2)c1. The smallest absolute Gasteiger partial charge is 0.292 e. The highest BCUT2D eigenvalue weighted by Crippen LogP contribution is 2.52. The summed E-state index contributed by atoms with van der Waals surface area (Å²) in [5, 5.41) is 4.11. The first-order chi connectivity index (χ1) is 12.3. The van der Waals surface area contributed by atoms with Crippen molar-refractivity contribution in [2.45, 2.75) is 46.1 Å². The molecule has 2 aliphatic rings. The molecule has 26 heavy (non-hydrogen) atoms. The quantitative estimate of drug-likeness (QED) is 0.820. The van der Waals surface area contributed by atoms with Gasteiger partial charge in [-0.3, -0.25) is 4.79 Å². The molecule has 1 aromatic carbocycles. The van der Waals surface area contributed by atoms with Crippen LogP contribution in [-0.4, -0.2) is 35.7 Å². The molecule has 1 saturated carbocycles. The van der Waals surface area contributed by atoms with Crippen molar-refractivity contribution in [1.29, 1.82) is 0 Å². The molecule has 1 aliphatic heterocycles. The highest BCUT2D eigenvalue weighted by atomic mass is 16.5. The van der Waals surface area contributed by atoms with Crippen molar-refractivity contribution in [2.75, 3.05) is 13.7 Å². The van der Waals surface area contributed by atoms with Gasteiger partial charge in [0.1, 0.15) is 11.4 Å². The molecule has 1 amide bonds. The molecular formula is C21H26N2O3. The number of benzene rings is 1. The van der Waals surface area contributed by atoms with E-state index in [1.807, 2.05) is 29.2 Å². The van der Waals surface area contributed by atoms with Crippen molar-refractivity contribution in [3.8, 4) is 17.0 Å². The molecule has 5 heteroatoms. The molecule has 2 heterocycles. The molecule has 1 saturated heterocycles. The summed E-state index contributed by atoms with van der Waals surface area (Å²) in [7, 11) is 1.63. The summed E-state index contributed by atoms with van der Waals surface area (Å²) in [6, 6.07) is 9.63. The van der Waals surface area contributed by atoms with Crippen LogP contribution in [0.15, 0.2) is 34.9 Å². The lowest BCUT2D eigenvalue weighted by atomic mass is 9.65. The fourth-order valence-electron chi connectivity index (χ4n) is 5.13. The van der Waals surface area contributed by atoms with Crippen molar-refractivity contribution >= 4 is 5.91 Å². The number of fused-ring (bicyclic) bond motifs is 2. The molecule has 0 unspecified atom stereocenters. The molecule has 138 valence electrons. The molecule has 2 aromatic rings. The zero-order valence-electron chi connectivity index (χ0n) is 15.9. The molecule has 5 nitrogen and oxygen atoms in total.